The first kappa shape index (κ1) is 27.0. The molecule has 2 aromatic rings. The number of anilines is 1. The van der Waals surface area contributed by atoms with E-state index in [-0.39, 0.29) is 33.8 Å². The lowest BCUT2D eigenvalue weighted by molar-refractivity contribution is -0.750. The van der Waals surface area contributed by atoms with Gasteiger partial charge in [0.2, 0.25) is 5.70 Å². The van der Waals surface area contributed by atoms with Crippen molar-refractivity contribution in [3.05, 3.63) is 83.1 Å². The Bertz CT molecular complexity index is 1530. The summed E-state index contributed by atoms with van der Waals surface area (Å²) in [6.07, 6.45) is 2.55. The summed E-state index contributed by atoms with van der Waals surface area (Å²) >= 11 is 0. The molecule has 2 amide bonds. The monoisotopic (exact) mass is 566 g/mol. The number of pyridine rings is 1. The van der Waals surface area contributed by atoms with Crippen molar-refractivity contribution < 1.29 is 32.1 Å². The van der Waals surface area contributed by atoms with Gasteiger partial charge in [-0.3, -0.25) is 14.6 Å². The fourth-order valence-electron chi connectivity index (χ4n) is 5.59. The Morgan fingerprint density at radius 2 is 1.98 bits per heavy atom. The van der Waals surface area contributed by atoms with Gasteiger partial charge in [-0.1, -0.05) is 0 Å². The van der Waals surface area contributed by atoms with Crippen molar-refractivity contribution in [3.8, 4) is 0 Å². The summed E-state index contributed by atoms with van der Waals surface area (Å²) in [5, 5.41) is 2.41. The van der Waals surface area contributed by atoms with Crippen LogP contribution < -0.4 is 11.2 Å². The summed E-state index contributed by atoms with van der Waals surface area (Å²) in [5.74, 6) is 6.49. The number of aliphatic imine (C=N–C) groups is 2. The van der Waals surface area contributed by atoms with E-state index in [9.17, 15) is 22.8 Å². The van der Waals surface area contributed by atoms with Crippen molar-refractivity contribution in [1.82, 2.24) is 9.88 Å². The molecule has 4 aliphatic heterocycles. The number of nitrogens with one attached hydrogen (secondary N) is 1. The van der Waals surface area contributed by atoms with Gasteiger partial charge in [0.25, 0.3) is 17.6 Å². The number of amidine groups is 1. The number of morpholine rings is 1. The van der Waals surface area contributed by atoms with Gasteiger partial charge in [0.15, 0.2) is 0 Å². The van der Waals surface area contributed by atoms with Gasteiger partial charge >= 0.3 is 6.18 Å². The standard InChI is InChI=1S/C28H26F3N7O3/c1-16-27(40)37-14-19(6-7-21(37)15-41-16)24-22-13-33-10-11-38(22,32)25(36-24)17-2-4-18(5-3-17)26(39)35-23-12-20(8-9-34-23)28(29,30)31/h2-5,8-13,16,19,21H,6-7,14-15,32H2,1H3/p+1/t16-,19-,21+,38?/m1/s1. The van der Waals surface area contributed by atoms with Crippen LogP contribution in [0.25, 0.3) is 0 Å². The highest BCUT2D eigenvalue weighted by Crippen LogP contribution is 2.39. The van der Waals surface area contributed by atoms with Crippen molar-refractivity contribution in [3.63, 3.8) is 0 Å². The highest BCUT2D eigenvalue weighted by atomic mass is 19.4. The van der Waals surface area contributed by atoms with Crippen molar-refractivity contribution in [1.29, 1.82) is 0 Å². The molecule has 0 aliphatic carbocycles. The number of fused-ring (bicyclic) bond motifs is 2. The second-order valence-electron chi connectivity index (χ2n) is 10.4. The van der Waals surface area contributed by atoms with Crippen LogP contribution in [-0.2, 0) is 15.7 Å². The number of carbonyl (C=O) groups excluding carboxylic acids is 2. The summed E-state index contributed by atoms with van der Waals surface area (Å²) in [6, 6.07) is 8.12. The molecule has 4 aliphatic rings. The zero-order chi connectivity index (χ0) is 28.9. The van der Waals surface area contributed by atoms with Crippen LogP contribution >= 0.6 is 0 Å². The number of benzene rings is 1. The summed E-state index contributed by atoms with van der Waals surface area (Å²) in [5.41, 5.74) is 1.43. The van der Waals surface area contributed by atoms with Crippen molar-refractivity contribution in [2.24, 2.45) is 21.7 Å². The predicted molar refractivity (Wildman–Crippen MR) is 143 cm³/mol. The summed E-state index contributed by atoms with van der Waals surface area (Å²) in [4.78, 5) is 40.5. The number of hydrogen-bond acceptors (Lipinski definition) is 7. The van der Waals surface area contributed by atoms with Crippen LogP contribution in [0.5, 0.6) is 0 Å². The van der Waals surface area contributed by atoms with Gasteiger partial charge in [0.1, 0.15) is 23.8 Å². The number of nitrogens with zero attached hydrogens (tertiary/aromatic N) is 5. The molecule has 0 radical (unpaired) electrons. The molecule has 6 rings (SSSR count). The van der Waals surface area contributed by atoms with E-state index < -0.39 is 23.8 Å². The molecule has 5 heterocycles. The van der Waals surface area contributed by atoms with Gasteiger partial charge in [-0.05, 0) is 56.2 Å². The van der Waals surface area contributed by atoms with Gasteiger partial charge in [0, 0.05) is 24.2 Å². The highest BCUT2D eigenvalue weighted by molar-refractivity contribution is 6.05. The third-order valence-corrected chi connectivity index (χ3v) is 7.82. The molecule has 1 unspecified atom stereocenters. The molecule has 41 heavy (non-hydrogen) atoms. The Balaban J connectivity index is 1.24. The smallest absolute Gasteiger partial charge is 0.367 e. The Hall–Kier alpha value is -4.20. The number of nitrogens with two attached hydrogens (primary N) is 1. The highest BCUT2D eigenvalue weighted by Gasteiger charge is 2.48. The molecule has 2 fully saturated rings. The zero-order valence-corrected chi connectivity index (χ0v) is 22.0. The third-order valence-electron chi connectivity index (χ3n) is 7.82. The molecular formula is C28H27F3N7O3+. The van der Waals surface area contributed by atoms with Crippen LogP contribution in [0.15, 0.2) is 76.4 Å². The van der Waals surface area contributed by atoms with Crippen LogP contribution in [0.4, 0.5) is 19.0 Å². The summed E-state index contributed by atoms with van der Waals surface area (Å²) in [7, 11) is 0. The van der Waals surface area contributed by atoms with Crippen LogP contribution in [0.1, 0.15) is 41.3 Å². The van der Waals surface area contributed by atoms with Gasteiger partial charge in [-0.2, -0.15) is 24.0 Å². The third kappa shape index (κ3) is 4.85. The average molecular weight is 567 g/mol. The van der Waals surface area contributed by atoms with Gasteiger partial charge in [-0.25, -0.2) is 4.98 Å². The number of allylic oxidation sites excluding steroid dienone is 1. The number of amides is 2. The van der Waals surface area contributed by atoms with Crippen LogP contribution in [-0.4, -0.2) is 63.6 Å². The van der Waals surface area contributed by atoms with E-state index in [1.165, 1.54) is 0 Å². The maximum Gasteiger partial charge on any atom is 0.416 e. The van der Waals surface area contributed by atoms with Gasteiger partial charge in [0.05, 0.1) is 36.2 Å². The molecule has 3 N–H and O–H groups in total. The van der Waals surface area contributed by atoms with E-state index >= 15 is 0 Å². The van der Waals surface area contributed by atoms with E-state index in [0.717, 1.165) is 36.9 Å². The number of carbonyl (C=O) groups is 2. The fourth-order valence-corrected chi connectivity index (χ4v) is 5.59. The van der Waals surface area contributed by atoms with E-state index in [1.54, 1.807) is 49.8 Å². The van der Waals surface area contributed by atoms with Crippen LogP contribution in [0.3, 0.4) is 0 Å². The number of ether oxygens (including phenoxy) is 1. The van der Waals surface area contributed by atoms with E-state index in [4.69, 9.17) is 15.6 Å². The minimum Gasteiger partial charge on any atom is -0.367 e. The Morgan fingerprint density at radius 3 is 2.73 bits per heavy atom. The first-order chi connectivity index (χ1) is 19.5. The molecule has 0 saturated carbocycles. The van der Waals surface area contributed by atoms with Crippen molar-refractivity contribution >= 4 is 29.7 Å². The SMILES string of the molecule is C[C@H]1OC[C@@H]2CC[C@@H](C3=C4C=NC=C[N+]4(N)C(c4ccc(C(=O)Nc5cc(C(F)(F)F)ccn5)cc4)=N3)CN2C1=O. The number of aromatic nitrogens is 1. The molecule has 4 atom stereocenters. The lowest BCUT2D eigenvalue weighted by Crippen LogP contribution is -2.57. The maximum atomic E-state index is 13.0. The number of quaternary nitrogens is 1. The number of hydrogen-bond donors (Lipinski definition) is 2. The molecule has 13 heteroatoms. The number of halogens is 3. The van der Waals surface area contributed by atoms with E-state index in [0.29, 0.717) is 30.2 Å². The predicted octanol–water partition coefficient (Wildman–Crippen LogP) is 3.60. The Morgan fingerprint density at radius 1 is 1.20 bits per heavy atom. The summed E-state index contributed by atoms with van der Waals surface area (Å²) in [6.45, 7) is 2.79. The largest absolute Gasteiger partial charge is 0.416 e. The Kier molecular flexibility index (Phi) is 6.59. The molecule has 212 valence electrons. The lowest BCUT2D eigenvalue weighted by atomic mass is 9.88. The fraction of sp³-hybridized carbons (Fsp3) is 0.321. The van der Waals surface area contributed by atoms with Crippen molar-refractivity contribution in [2.45, 2.75) is 38.1 Å². The molecule has 1 aromatic heterocycles. The molecule has 0 bridgehead atoms. The molecule has 10 nitrogen and oxygen atoms in total. The second-order valence-corrected chi connectivity index (χ2v) is 10.4. The van der Waals surface area contributed by atoms with Gasteiger partial charge < -0.3 is 15.0 Å². The molecule has 2 saturated heterocycles. The molecule has 1 aromatic carbocycles. The topological polar surface area (TPSA) is 122 Å². The first-order valence-corrected chi connectivity index (χ1v) is 13.1. The lowest BCUT2D eigenvalue weighted by Gasteiger charge is -2.44. The van der Waals surface area contributed by atoms with Crippen molar-refractivity contribution in [2.75, 3.05) is 18.5 Å². The second kappa shape index (κ2) is 10.0. The Labute approximate surface area is 233 Å². The van der Waals surface area contributed by atoms with E-state index in [1.807, 2.05) is 4.90 Å². The first-order valence-electron chi connectivity index (χ1n) is 13.1. The normalized spacial score (nSPS) is 27.4. The maximum absolute atomic E-state index is 13.0. The zero-order valence-electron chi connectivity index (χ0n) is 22.0. The molecular weight excluding hydrogens is 539 g/mol. The van der Waals surface area contributed by atoms with Crippen LogP contribution in [0.2, 0.25) is 0 Å². The molecule has 0 spiro atoms. The minimum absolute atomic E-state index is 0.0290. The van der Waals surface area contributed by atoms with E-state index in [2.05, 4.69) is 15.3 Å². The number of piperidine rings is 1. The average Bonchev–Trinajstić information content (AvgIpc) is 3.27. The quantitative estimate of drug-likeness (QED) is 0.433. The number of alkyl halides is 3. The minimum atomic E-state index is -4.55. The van der Waals surface area contributed by atoms with Gasteiger partial charge in [-0.15, -0.1) is 4.59 Å². The summed E-state index contributed by atoms with van der Waals surface area (Å²) < 4.78 is 44.5. The van der Waals surface area contributed by atoms with Crippen LogP contribution in [0, 0.1) is 5.92 Å². The number of rotatable bonds is 4.